The van der Waals surface area contributed by atoms with Gasteiger partial charge in [0.2, 0.25) is 11.7 Å². The predicted octanol–water partition coefficient (Wildman–Crippen LogP) is 0.288. The average molecular weight is 734 g/mol. The van der Waals surface area contributed by atoms with Crippen LogP contribution in [0.4, 0.5) is 0 Å². The molecule has 1 aliphatic rings. The second-order valence-electron chi connectivity index (χ2n) is 4.39. The van der Waals surface area contributed by atoms with Crippen LogP contribution in [0, 0.1) is 4.64 Å². The Morgan fingerprint density at radius 2 is 2.05 bits per heavy atom. The summed E-state index contributed by atoms with van der Waals surface area (Å²) in [5, 5.41) is 28.8. The van der Waals surface area contributed by atoms with Crippen molar-refractivity contribution in [2.75, 3.05) is 6.61 Å². The van der Waals surface area contributed by atoms with Crippen molar-refractivity contribution in [3.05, 3.63) is 17.3 Å². The molecule has 0 aromatic carbocycles. The maximum absolute atomic E-state index is 9.98. The molecular weight excluding hydrogens is 721 g/mol. The van der Waals surface area contributed by atoms with Crippen LogP contribution in [-0.4, -0.2) is 55.2 Å². The number of nitrogens with one attached hydrogen (secondary N) is 2. The molecule has 4 atom stereocenters. The van der Waals surface area contributed by atoms with E-state index in [-0.39, 0.29) is 6.61 Å². The number of aliphatic hydroxyl groups is 3. The molecule has 3 rings (SSSR count). The number of aliphatic hydroxyl groups excluding tert-OH is 3. The van der Waals surface area contributed by atoms with Gasteiger partial charge in [-0.15, -0.1) is 0 Å². The second-order valence-corrected chi connectivity index (χ2v) is 21.4. The summed E-state index contributed by atoms with van der Waals surface area (Å²) in [7, 11) is 0. The van der Waals surface area contributed by atoms with Crippen LogP contribution in [0.15, 0.2) is 12.7 Å². The van der Waals surface area contributed by atoms with Crippen LogP contribution in [0.3, 0.4) is 0 Å². The van der Waals surface area contributed by atoms with Crippen molar-refractivity contribution >= 4 is 62.1 Å². The van der Waals surface area contributed by atoms with Gasteiger partial charge < -0.3 is 20.1 Å². The number of rotatable bonds is 2. The van der Waals surface area contributed by atoms with Gasteiger partial charge in [0.05, 0.1) is 6.61 Å². The van der Waals surface area contributed by atoms with Crippen molar-refractivity contribution in [1.82, 2.24) is 15.0 Å². The van der Waals surface area contributed by atoms with Crippen molar-refractivity contribution in [2.45, 2.75) is 24.5 Å². The van der Waals surface area contributed by atoms with Gasteiger partial charge in [-0.05, 0) is 0 Å². The Kier molecular flexibility index (Phi) is 7.58. The topological polar surface area (TPSA) is 118 Å². The molecule has 1 aliphatic heterocycles. The number of aromatic amines is 2. The van der Waals surface area contributed by atoms with E-state index in [0.717, 1.165) is 0 Å². The molecule has 0 aliphatic carbocycles. The van der Waals surface area contributed by atoms with E-state index >= 15 is 0 Å². The number of nitrogens with zero attached hydrogens (tertiary/aromatic N) is 2. The molecule has 2 aromatic heterocycles. The van der Waals surface area contributed by atoms with E-state index in [4.69, 9.17) is 22.1 Å². The Morgan fingerprint density at radius 3 is 2.64 bits per heavy atom. The van der Waals surface area contributed by atoms with Gasteiger partial charge >= 0.3 is 49.9 Å². The Bertz CT molecular complexity index is 686. The van der Waals surface area contributed by atoms with E-state index in [0.29, 0.717) is 27.0 Å². The van der Waals surface area contributed by atoms with Crippen LogP contribution in [0.5, 0.6) is 0 Å². The number of aromatic nitrogens is 4. The molecule has 2 aromatic rings. The standard InChI is InChI=1S/C10H12N4O4S.2HI.Pt/c15-1-4-6(16)7(17)10(18-4)14-3-13-5-8(14)11-2-12-9(5)19;;;/h2-4,6-7,10,15-17H,1H2,(H,11,12,19);2*1H;/q;;;+2/p-1. The molecule has 0 spiro atoms. The quantitative estimate of drug-likeness (QED) is 0.172. The first-order chi connectivity index (χ1) is 10.5. The summed E-state index contributed by atoms with van der Waals surface area (Å²) in [6, 6.07) is 0. The van der Waals surface area contributed by atoms with Crippen LogP contribution < -0.4 is 4.57 Å². The van der Waals surface area contributed by atoms with Crippen LogP contribution in [0.2, 0.25) is 0 Å². The van der Waals surface area contributed by atoms with Gasteiger partial charge in [-0.2, -0.15) is 0 Å². The summed E-state index contributed by atoms with van der Waals surface area (Å²) < 4.78 is 7.41. The van der Waals surface area contributed by atoms with Gasteiger partial charge in [-0.25, -0.2) is 9.55 Å². The molecule has 0 saturated carbocycles. The van der Waals surface area contributed by atoms with Crippen molar-refractivity contribution in [3.8, 4) is 0 Å². The second kappa shape index (κ2) is 8.74. The molecule has 126 valence electrons. The maximum atomic E-state index is 9.98. The third-order valence-electron chi connectivity index (χ3n) is 3.23. The molecule has 22 heavy (non-hydrogen) atoms. The molecule has 0 bridgehead atoms. The Morgan fingerprint density at radius 1 is 1.36 bits per heavy atom. The first kappa shape index (κ1) is 19.1. The Balaban J connectivity index is 0.000000545. The number of H-pyrrole nitrogens is 2. The van der Waals surface area contributed by atoms with Crippen molar-refractivity contribution in [2.24, 2.45) is 0 Å². The van der Waals surface area contributed by atoms with Gasteiger partial charge in [0.1, 0.15) is 18.3 Å². The van der Waals surface area contributed by atoms with Crippen LogP contribution in [-0.2, 0) is 15.9 Å². The van der Waals surface area contributed by atoms with Gasteiger partial charge in [-0.3, -0.25) is 9.97 Å². The molecule has 8 nitrogen and oxygen atoms in total. The summed E-state index contributed by atoms with van der Waals surface area (Å²) in [6.07, 6.45) is -0.903. The molecule has 12 heteroatoms. The first-order valence-corrected chi connectivity index (χ1v) is 19.2. The van der Waals surface area contributed by atoms with Crippen LogP contribution >= 0.6 is 50.9 Å². The summed E-state index contributed by atoms with van der Waals surface area (Å²) in [6.45, 7) is -0.366. The monoisotopic (exact) mass is 734 g/mol. The van der Waals surface area contributed by atoms with E-state index in [2.05, 4.69) is 53.7 Å². The van der Waals surface area contributed by atoms with E-state index in [1.165, 1.54) is 6.33 Å². The number of fused-ring (bicyclic) bond motifs is 1. The van der Waals surface area contributed by atoms with E-state index < -0.39 is 24.5 Å². The fourth-order valence-electron chi connectivity index (χ4n) is 2.23. The first-order valence-electron chi connectivity index (χ1n) is 5.95. The molecule has 0 radical (unpaired) electrons. The molecule has 4 unspecified atom stereocenters. The van der Waals surface area contributed by atoms with E-state index in [1.54, 1.807) is 10.9 Å². The van der Waals surface area contributed by atoms with Crippen molar-refractivity contribution in [3.63, 3.8) is 0 Å². The Labute approximate surface area is 159 Å². The predicted molar refractivity (Wildman–Crippen MR) is 92.5 cm³/mol. The number of ether oxygens (including phenoxy) is 1. The van der Waals surface area contributed by atoms with Crippen LogP contribution in [0.25, 0.3) is 11.2 Å². The van der Waals surface area contributed by atoms with E-state index in [9.17, 15) is 10.2 Å². The summed E-state index contributed by atoms with van der Waals surface area (Å²) in [5.41, 5.74) is 1.20. The van der Waals surface area contributed by atoms with Crippen molar-refractivity contribution in [1.29, 1.82) is 0 Å². The average Bonchev–Trinajstić information content (AvgIpc) is 3.04. The van der Waals surface area contributed by atoms with Gasteiger partial charge in [0, 0.05) is 0 Å². The molecule has 0 amide bonds. The SMILES string of the molecule is OCC1OC([n+]2c[nH]c3c(=S)nc[nH]c32)C(O)C1O.[I][Pt][I]. The number of hydrogen-bond acceptors (Lipinski definition) is 6. The molecule has 5 N–H and O–H groups in total. The fourth-order valence-corrected chi connectivity index (χ4v) is 2.44. The van der Waals surface area contributed by atoms with Gasteiger partial charge in [0.15, 0.2) is 17.3 Å². The number of halogens is 2. The van der Waals surface area contributed by atoms with Crippen molar-refractivity contribution < 1.29 is 35.8 Å². The molecule has 1 saturated heterocycles. The minimum absolute atomic E-state index is 0.366. The van der Waals surface area contributed by atoms with E-state index in [1.807, 2.05) is 0 Å². The fraction of sp³-hybridized carbons (Fsp3) is 0.500. The third-order valence-corrected chi connectivity index (χ3v) is 3.54. The molecular formula is C10H13I2N4O4PtS+. The molecule has 3 heterocycles. The summed E-state index contributed by atoms with van der Waals surface area (Å²) >= 11 is 10.4. The number of hydrogen-bond donors (Lipinski definition) is 5. The van der Waals surface area contributed by atoms with Gasteiger partial charge in [0.25, 0.3) is 5.65 Å². The Hall–Kier alpha value is 0.758. The zero-order chi connectivity index (χ0) is 16.3. The minimum atomic E-state index is -1.14. The zero-order valence-corrected chi connectivity index (χ0v) is 18.2. The zero-order valence-electron chi connectivity index (χ0n) is 10.8. The number of imidazole rings is 1. The third kappa shape index (κ3) is 3.87. The van der Waals surface area contributed by atoms with Gasteiger partial charge in [-0.1, -0.05) is 12.2 Å². The van der Waals surface area contributed by atoms with Crippen LogP contribution in [0.1, 0.15) is 6.23 Å². The molecule has 1 fully saturated rings. The summed E-state index contributed by atoms with van der Waals surface area (Å²) in [4.78, 5) is 9.77. The normalized spacial score (nSPS) is 27.9. The summed E-state index contributed by atoms with van der Waals surface area (Å²) in [5.74, 6) is 0.